The number of ether oxygens (including phenoxy) is 2. The Morgan fingerprint density at radius 3 is 2.39 bits per heavy atom. The first-order valence-electron chi connectivity index (χ1n) is 13.3. The third-order valence-electron chi connectivity index (χ3n) is 8.72. The molecular formula is C27H37N3O5Si. The highest BCUT2D eigenvalue weighted by Gasteiger charge is 2.78. The molecule has 0 radical (unpaired) electrons. The lowest BCUT2D eigenvalue weighted by Crippen LogP contribution is -2.53. The maximum Gasteiger partial charge on any atom is 0.351 e. The Kier molecular flexibility index (Phi) is 6.47. The average Bonchev–Trinajstić information content (AvgIpc) is 3.55. The summed E-state index contributed by atoms with van der Waals surface area (Å²) in [5.74, 6) is -0.0582. The largest absolute Gasteiger partial charge is 0.408 e. The van der Waals surface area contributed by atoms with Gasteiger partial charge in [-0.3, -0.25) is 9.36 Å². The lowest BCUT2D eigenvalue weighted by Gasteiger charge is -2.40. The Morgan fingerprint density at radius 2 is 1.81 bits per heavy atom. The number of nitrogens with one attached hydrogen (secondary N) is 1. The highest BCUT2D eigenvalue weighted by atomic mass is 28.4. The summed E-state index contributed by atoms with van der Waals surface area (Å²) in [6.07, 6.45) is 3.21. The standard InChI is InChI=1S/C27H37N3O5Si/c1-6-27-21(35-36(7-2,8-3)9-4)20(33-26(27)15-16-26)24(34-27)30-17-18(5)22(29-25(30)32)28-23(31)19-13-11-10-12-14-19/h10-14,17,20-21,24H,6-9,15-16H2,1-5H3,(H,28,29,31,32)/t20-,21?,24+,27-/m0/s1. The number of hydrogen-bond acceptors (Lipinski definition) is 6. The van der Waals surface area contributed by atoms with Crippen LogP contribution in [0.1, 0.15) is 69.1 Å². The van der Waals surface area contributed by atoms with Gasteiger partial charge in [0.2, 0.25) is 0 Å². The van der Waals surface area contributed by atoms with E-state index in [9.17, 15) is 9.59 Å². The van der Waals surface area contributed by atoms with E-state index in [2.05, 4.69) is 38.0 Å². The van der Waals surface area contributed by atoms with Gasteiger partial charge >= 0.3 is 5.69 Å². The van der Waals surface area contributed by atoms with Gasteiger partial charge in [0.1, 0.15) is 29.2 Å². The van der Waals surface area contributed by atoms with Gasteiger partial charge in [-0.1, -0.05) is 45.9 Å². The summed E-state index contributed by atoms with van der Waals surface area (Å²) < 4.78 is 22.0. The fourth-order valence-corrected chi connectivity index (χ4v) is 9.03. The second kappa shape index (κ2) is 9.20. The number of hydrogen-bond donors (Lipinski definition) is 1. The fraction of sp³-hybridized carbons (Fsp3) is 0.593. The van der Waals surface area contributed by atoms with Crippen molar-refractivity contribution in [2.45, 2.75) is 102 Å². The van der Waals surface area contributed by atoms with Gasteiger partial charge in [-0.25, -0.2) is 4.79 Å². The first-order chi connectivity index (χ1) is 17.3. The Hall–Kier alpha value is -2.33. The van der Waals surface area contributed by atoms with Gasteiger partial charge in [-0.05, 0) is 56.5 Å². The van der Waals surface area contributed by atoms with E-state index >= 15 is 0 Å². The van der Waals surface area contributed by atoms with Crippen molar-refractivity contribution in [2.24, 2.45) is 0 Å². The van der Waals surface area contributed by atoms with Crippen LogP contribution in [0, 0.1) is 6.92 Å². The Labute approximate surface area is 213 Å². The van der Waals surface area contributed by atoms with Gasteiger partial charge in [0.05, 0.1) is 0 Å². The quantitative estimate of drug-likeness (QED) is 0.486. The highest BCUT2D eigenvalue weighted by molar-refractivity contribution is 6.73. The van der Waals surface area contributed by atoms with Gasteiger partial charge in [0, 0.05) is 17.3 Å². The van der Waals surface area contributed by atoms with E-state index in [-0.39, 0.29) is 29.5 Å². The molecule has 1 aromatic carbocycles. The zero-order valence-corrected chi connectivity index (χ0v) is 22.9. The summed E-state index contributed by atoms with van der Waals surface area (Å²) in [6, 6.07) is 12.0. The number of anilines is 1. The molecule has 2 aliphatic heterocycles. The molecule has 1 aliphatic carbocycles. The Bertz CT molecular complexity index is 1190. The molecule has 3 aliphatic rings. The molecule has 194 valence electrons. The summed E-state index contributed by atoms with van der Waals surface area (Å²) >= 11 is 0. The summed E-state index contributed by atoms with van der Waals surface area (Å²) in [6.45, 7) is 10.6. The minimum absolute atomic E-state index is 0.203. The molecule has 4 atom stereocenters. The topological polar surface area (TPSA) is 91.7 Å². The van der Waals surface area contributed by atoms with E-state index in [0.717, 1.165) is 37.4 Å². The van der Waals surface area contributed by atoms with Crippen molar-refractivity contribution >= 4 is 20.0 Å². The molecule has 1 saturated carbocycles. The van der Waals surface area contributed by atoms with Crippen LogP contribution in [0.3, 0.4) is 0 Å². The van der Waals surface area contributed by atoms with Crippen LogP contribution in [0.4, 0.5) is 5.82 Å². The predicted octanol–water partition coefficient (Wildman–Crippen LogP) is 4.80. The van der Waals surface area contributed by atoms with Crippen LogP contribution < -0.4 is 11.0 Å². The number of aryl methyl sites for hydroxylation is 1. The van der Waals surface area contributed by atoms with E-state index < -0.39 is 25.8 Å². The van der Waals surface area contributed by atoms with Crippen molar-refractivity contribution in [1.82, 2.24) is 9.55 Å². The second-order valence-electron chi connectivity index (χ2n) is 10.4. The molecular weight excluding hydrogens is 474 g/mol. The molecule has 3 heterocycles. The molecule has 2 saturated heterocycles. The molecule has 1 aromatic heterocycles. The van der Waals surface area contributed by atoms with Crippen LogP contribution in [-0.4, -0.2) is 47.2 Å². The van der Waals surface area contributed by atoms with Gasteiger partial charge in [0.15, 0.2) is 14.5 Å². The van der Waals surface area contributed by atoms with Crippen molar-refractivity contribution < 1.29 is 18.7 Å². The number of rotatable bonds is 9. The molecule has 8 nitrogen and oxygen atoms in total. The predicted molar refractivity (Wildman–Crippen MR) is 140 cm³/mol. The highest BCUT2D eigenvalue weighted by Crippen LogP contribution is 2.66. The monoisotopic (exact) mass is 511 g/mol. The van der Waals surface area contributed by atoms with Crippen molar-refractivity contribution in [1.29, 1.82) is 0 Å². The van der Waals surface area contributed by atoms with Gasteiger partial charge in [0.25, 0.3) is 5.91 Å². The number of nitrogens with zero attached hydrogens (tertiary/aromatic N) is 2. The van der Waals surface area contributed by atoms with Crippen LogP contribution in [0.5, 0.6) is 0 Å². The van der Waals surface area contributed by atoms with Crippen molar-refractivity contribution in [3.63, 3.8) is 0 Å². The molecule has 5 rings (SSSR count). The van der Waals surface area contributed by atoms with Gasteiger partial charge in [-0.15, -0.1) is 0 Å². The van der Waals surface area contributed by atoms with E-state index in [0.29, 0.717) is 11.1 Å². The first-order valence-corrected chi connectivity index (χ1v) is 15.8. The maximum absolute atomic E-state index is 13.2. The zero-order valence-electron chi connectivity index (χ0n) is 21.9. The summed E-state index contributed by atoms with van der Waals surface area (Å²) in [5.41, 5.74) is -0.173. The van der Waals surface area contributed by atoms with Crippen molar-refractivity contribution in [3.8, 4) is 0 Å². The van der Waals surface area contributed by atoms with Gasteiger partial charge in [-0.2, -0.15) is 4.98 Å². The first kappa shape index (κ1) is 25.3. The molecule has 1 amide bonds. The second-order valence-corrected chi connectivity index (χ2v) is 15.1. The number of amides is 1. The summed E-state index contributed by atoms with van der Waals surface area (Å²) in [5, 5.41) is 2.77. The van der Waals surface area contributed by atoms with Crippen LogP contribution in [0.25, 0.3) is 0 Å². The molecule has 36 heavy (non-hydrogen) atoms. The van der Waals surface area contributed by atoms with Crippen LogP contribution in [0.15, 0.2) is 41.3 Å². The lowest BCUT2D eigenvalue weighted by atomic mass is 9.88. The van der Waals surface area contributed by atoms with Crippen LogP contribution >= 0.6 is 0 Å². The fourth-order valence-electron chi connectivity index (χ4n) is 6.16. The Balaban J connectivity index is 1.46. The minimum atomic E-state index is -1.95. The SMILES string of the molecule is CC[C@@]12O[C@@H](n3cc(C)c(NC(=O)c4ccccc4)nc3=O)[C@@H](OC13CC3)C2O[Si](CC)(CC)CC. The van der Waals surface area contributed by atoms with Gasteiger partial charge < -0.3 is 19.2 Å². The minimum Gasteiger partial charge on any atom is -0.408 e. The van der Waals surface area contributed by atoms with E-state index in [1.807, 2.05) is 13.0 Å². The molecule has 3 fully saturated rings. The molecule has 1 spiro atoms. The zero-order chi connectivity index (χ0) is 25.7. The Morgan fingerprint density at radius 1 is 1.14 bits per heavy atom. The summed E-state index contributed by atoms with van der Waals surface area (Å²) in [7, 11) is -1.95. The lowest BCUT2D eigenvalue weighted by molar-refractivity contribution is -0.225. The van der Waals surface area contributed by atoms with E-state index in [1.165, 1.54) is 4.57 Å². The maximum atomic E-state index is 13.2. The molecule has 2 aromatic rings. The normalized spacial score (nSPS) is 28.0. The van der Waals surface area contributed by atoms with Crippen LogP contribution in [0.2, 0.25) is 18.1 Å². The molecule has 1 N–H and O–H groups in total. The molecule has 2 bridgehead atoms. The third-order valence-corrected chi connectivity index (χ3v) is 13.3. The van der Waals surface area contributed by atoms with Crippen molar-refractivity contribution in [3.05, 3.63) is 58.1 Å². The summed E-state index contributed by atoms with van der Waals surface area (Å²) in [4.78, 5) is 30.1. The average molecular weight is 512 g/mol. The smallest absolute Gasteiger partial charge is 0.351 e. The van der Waals surface area contributed by atoms with E-state index in [4.69, 9.17) is 13.9 Å². The number of carbonyl (C=O) groups excluding carboxylic acids is 1. The van der Waals surface area contributed by atoms with Crippen LogP contribution in [-0.2, 0) is 13.9 Å². The van der Waals surface area contributed by atoms with Crippen molar-refractivity contribution in [2.75, 3.05) is 5.32 Å². The molecule has 9 heteroatoms. The molecule has 1 unspecified atom stereocenters. The number of fused-ring (bicyclic) bond motifs is 3. The number of carbonyl (C=O) groups is 1. The third kappa shape index (κ3) is 3.79. The number of aromatic nitrogens is 2. The van der Waals surface area contributed by atoms with E-state index in [1.54, 1.807) is 30.5 Å². The number of benzene rings is 1.